The quantitative estimate of drug-likeness (QED) is 0.246. The number of nitrogens with zero attached hydrogens (tertiary/aromatic N) is 2. The molecule has 2 N–H and O–H groups in total. The first kappa shape index (κ1) is 34.3. The molecule has 48 heavy (non-hydrogen) atoms. The lowest BCUT2D eigenvalue weighted by Crippen LogP contribution is -2.45. The number of hydrogen-bond donors (Lipinski definition) is 2. The summed E-state index contributed by atoms with van der Waals surface area (Å²) in [6, 6.07) is 25.0. The molecule has 3 aromatic carbocycles. The Kier molecular flexibility index (Phi) is 11.6. The van der Waals surface area contributed by atoms with Crippen LogP contribution < -0.4 is 5.32 Å². The van der Waals surface area contributed by atoms with Crippen LogP contribution in [0, 0.1) is 0 Å². The van der Waals surface area contributed by atoms with Gasteiger partial charge in [0.05, 0.1) is 18.8 Å². The molecule has 3 aromatic rings. The van der Waals surface area contributed by atoms with E-state index in [9.17, 15) is 14.7 Å². The summed E-state index contributed by atoms with van der Waals surface area (Å²) in [5.41, 5.74) is 5.91. The van der Waals surface area contributed by atoms with Crippen LogP contribution in [0.4, 0.5) is 0 Å². The van der Waals surface area contributed by atoms with E-state index in [4.69, 9.17) is 14.2 Å². The number of carbonyl (C=O) groups excluding carboxylic acids is 2. The van der Waals surface area contributed by atoms with Crippen LogP contribution in [0.5, 0.6) is 0 Å². The summed E-state index contributed by atoms with van der Waals surface area (Å²) >= 11 is 0. The van der Waals surface area contributed by atoms with Crippen molar-refractivity contribution in [1.29, 1.82) is 0 Å². The van der Waals surface area contributed by atoms with Crippen LogP contribution in [-0.2, 0) is 37.0 Å². The van der Waals surface area contributed by atoms with Crippen molar-refractivity contribution in [3.8, 4) is 11.1 Å². The summed E-state index contributed by atoms with van der Waals surface area (Å²) in [7, 11) is 0. The molecule has 6 rings (SSSR count). The molecule has 5 unspecified atom stereocenters. The zero-order valence-electron chi connectivity index (χ0n) is 28.2. The number of aliphatic hydroxyl groups excluding tert-OH is 1. The van der Waals surface area contributed by atoms with Gasteiger partial charge in [0.15, 0.2) is 12.4 Å². The number of benzene rings is 3. The number of esters is 1. The third kappa shape index (κ3) is 8.89. The SMILES string of the molecule is CC(=O)OC(C)C(=O)NCc1cccc(-c2cccc(C3OC(CN4CCCC4CN4CCCC4)CC(c4ccc(CO)cc4)O3)c2)c1. The molecule has 3 aliphatic heterocycles. The van der Waals surface area contributed by atoms with Crippen molar-refractivity contribution < 1.29 is 28.9 Å². The van der Waals surface area contributed by atoms with Gasteiger partial charge in [0.1, 0.15) is 0 Å². The highest BCUT2D eigenvalue weighted by Gasteiger charge is 2.36. The molecule has 0 radical (unpaired) electrons. The van der Waals surface area contributed by atoms with Crippen molar-refractivity contribution in [2.75, 3.05) is 32.7 Å². The fourth-order valence-corrected chi connectivity index (χ4v) is 7.26. The van der Waals surface area contributed by atoms with E-state index in [1.807, 2.05) is 30.3 Å². The number of ether oxygens (including phenoxy) is 3. The largest absolute Gasteiger partial charge is 0.453 e. The van der Waals surface area contributed by atoms with E-state index in [0.717, 1.165) is 59.4 Å². The lowest BCUT2D eigenvalue weighted by atomic mass is 9.98. The monoisotopic (exact) mass is 655 g/mol. The van der Waals surface area contributed by atoms with Gasteiger partial charge in [-0.25, -0.2) is 0 Å². The zero-order chi connectivity index (χ0) is 33.5. The molecule has 0 bridgehead atoms. The van der Waals surface area contributed by atoms with E-state index >= 15 is 0 Å². The van der Waals surface area contributed by atoms with E-state index in [0.29, 0.717) is 12.6 Å². The first-order chi connectivity index (χ1) is 23.3. The Hall–Kier alpha value is -3.60. The Morgan fingerprint density at radius 2 is 1.65 bits per heavy atom. The number of amides is 1. The van der Waals surface area contributed by atoms with Gasteiger partial charge in [-0.2, -0.15) is 0 Å². The number of hydrogen-bond acceptors (Lipinski definition) is 8. The third-order valence-corrected chi connectivity index (χ3v) is 9.82. The van der Waals surface area contributed by atoms with Gasteiger partial charge in [-0.15, -0.1) is 0 Å². The zero-order valence-corrected chi connectivity index (χ0v) is 28.2. The van der Waals surface area contributed by atoms with Crippen molar-refractivity contribution in [2.24, 2.45) is 0 Å². The highest BCUT2D eigenvalue weighted by atomic mass is 16.7. The number of carbonyl (C=O) groups is 2. The highest BCUT2D eigenvalue weighted by Crippen LogP contribution is 2.39. The Labute approximate surface area is 284 Å². The summed E-state index contributed by atoms with van der Waals surface area (Å²) in [5, 5.41) is 12.5. The molecule has 256 valence electrons. The fourth-order valence-electron chi connectivity index (χ4n) is 7.26. The molecule has 0 spiro atoms. The lowest BCUT2D eigenvalue weighted by molar-refractivity contribution is -0.253. The Bertz CT molecular complexity index is 1520. The first-order valence-electron chi connectivity index (χ1n) is 17.5. The topological polar surface area (TPSA) is 101 Å². The van der Waals surface area contributed by atoms with Gasteiger partial charge in [0.2, 0.25) is 0 Å². The fraction of sp³-hybridized carbons (Fsp3) is 0.487. The molecule has 0 saturated carbocycles. The number of nitrogens with one attached hydrogen (secondary N) is 1. The van der Waals surface area contributed by atoms with E-state index in [-0.39, 0.29) is 24.7 Å². The number of rotatable bonds is 12. The second kappa shape index (κ2) is 16.2. The second-order valence-corrected chi connectivity index (χ2v) is 13.4. The predicted molar refractivity (Wildman–Crippen MR) is 184 cm³/mol. The molecule has 3 aliphatic rings. The van der Waals surface area contributed by atoms with Gasteiger partial charge in [-0.1, -0.05) is 60.7 Å². The third-order valence-electron chi connectivity index (χ3n) is 9.82. The maximum atomic E-state index is 12.4. The van der Waals surface area contributed by atoms with Crippen LogP contribution in [0.2, 0.25) is 0 Å². The van der Waals surface area contributed by atoms with Crippen LogP contribution in [-0.4, -0.2) is 77.8 Å². The Morgan fingerprint density at radius 3 is 2.40 bits per heavy atom. The highest BCUT2D eigenvalue weighted by molar-refractivity contribution is 5.82. The molecular weight excluding hydrogens is 606 g/mol. The van der Waals surface area contributed by atoms with Gasteiger partial charge in [0, 0.05) is 44.6 Å². The van der Waals surface area contributed by atoms with Crippen molar-refractivity contribution in [3.05, 3.63) is 95.1 Å². The molecule has 3 heterocycles. The molecule has 5 atom stereocenters. The second-order valence-electron chi connectivity index (χ2n) is 13.4. The number of aliphatic hydroxyl groups is 1. The molecule has 9 heteroatoms. The molecule has 3 saturated heterocycles. The first-order valence-corrected chi connectivity index (χ1v) is 17.5. The molecule has 0 aliphatic carbocycles. The van der Waals surface area contributed by atoms with Gasteiger partial charge < -0.3 is 29.5 Å². The number of likely N-dealkylation sites (tertiary alicyclic amines) is 2. The van der Waals surface area contributed by atoms with Crippen molar-refractivity contribution >= 4 is 11.9 Å². The lowest BCUT2D eigenvalue weighted by Gasteiger charge is -2.39. The van der Waals surface area contributed by atoms with Crippen LogP contribution in [0.15, 0.2) is 72.8 Å². The van der Waals surface area contributed by atoms with E-state index in [2.05, 4.69) is 57.6 Å². The van der Waals surface area contributed by atoms with E-state index < -0.39 is 18.4 Å². The minimum absolute atomic E-state index is 0.00964. The van der Waals surface area contributed by atoms with Crippen molar-refractivity contribution in [2.45, 2.75) is 89.7 Å². The van der Waals surface area contributed by atoms with Crippen molar-refractivity contribution in [3.63, 3.8) is 0 Å². The van der Waals surface area contributed by atoms with Gasteiger partial charge in [-0.3, -0.25) is 14.5 Å². The van der Waals surface area contributed by atoms with E-state index in [1.165, 1.54) is 45.7 Å². The van der Waals surface area contributed by atoms with Crippen LogP contribution >= 0.6 is 0 Å². The maximum Gasteiger partial charge on any atom is 0.303 e. The molecule has 3 fully saturated rings. The normalized spacial score (nSPS) is 24.0. The average molecular weight is 656 g/mol. The maximum absolute atomic E-state index is 12.4. The van der Waals surface area contributed by atoms with Crippen LogP contribution in [0.1, 0.15) is 80.6 Å². The summed E-state index contributed by atoms with van der Waals surface area (Å²) < 4.78 is 18.5. The summed E-state index contributed by atoms with van der Waals surface area (Å²) in [6.07, 6.45) is 4.36. The van der Waals surface area contributed by atoms with Crippen molar-refractivity contribution in [1.82, 2.24) is 15.1 Å². The molecule has 9 nitrogen and oxygen atoms in total. The smallest absolute Gasteiger partial charge is 0.303 e. The Balaban J connectivity index is 1.18. The van der Waals surface area contributed by atoms with Gasteiger partial charge in [-0.05, 0) is 92.2 Å². The minimum atomic E-state index is -0.848. The van der Waals surface area contributed by atoms with Gasteiger partial charge in [0.25, 0.3) is 5.91 Å². The average Bonchev–Trinajstić information content (AvgIpc) is 3.79. The minimum Gasteiger partial charge on any atom is -0.453 e. The van der Waals surface area contributed by atoms with Crippen LogP contribution in [0.3, 0.4) is 0 Å². The predicted octanol–water partition coefficient (Wildman–Crippen LogP) is 5.52. The molecule has 0 aromatic heterocycles. The summed E-state index contributed by atoms with van der Waals surface area (Å²) in [6.45, 7) is 8.76. The van der Waals surface area contributed by atoms with Crippen LogP contribution in [0.25, 0.3) is 11.1 Å². The standard InChI is InChI=1S/C39H49N3O6/c1-27(46-28(2)44)38(45)40-23-30-8-5-9-32(20-30)33-10-6-11-34(21-33)39-47-36(22-37(48-39)31-15-13-29(26-43)14-16-31)25-42-19-7-12-35(42)24-41-17-3-4-18-41/h5-6,8-11,13-16,20-21,27,35-37,39,43H,3-4,7,12,17-19,22-26H2,1-2H3,(H,40,45). The van der Waals surface area contributed by atoms with E-state index in [1.54, 1.807) is 6.92 Å². The molecular formula is C39H49N3O6. The Morgan fingerprint density at radius 1 is 0.896 bits per heavy atom. The summed E-state index contributed by atoms with van der Waals surface area (Å²) in [4.78, 5) is 28.9. The van der Waals surface area contributed by atoms with Gasteiger partial charge >= 0.3 is 5.97 Å². The summed E-state index contributed by atoms with van der Waals surface area (Å²) in [5.74, 6) is -0.823. The molecule has 1 amide bonds.